The number of ether oxygens (including phenoxy) is 1. The van der Waals surface area contributed by atoms with Gasteiger partial charge in [0.25, 0.3) is 0 Å². The van der Waals surface area contributed by atoms with E-state index in [9.17, 15) is 0 Å². The van der Waals surface area contributed by atoms with Crippen LogP contribution in [0.2, 0.25) is 5.15 Å². The van der Waals surface area contributed by atoms with Gasteiger partial charge in [0.1, 0.15) is 23.8 Å². The maximum absolute atomic E-state index is 6.25. The molecule has 2 aromatic carbocycles. The van der Waals surface area contributed by atoms with E-state index < -0.39 is 0 Å². The summed E-state index contributed by atoms with van der Waals surface area (Å²) >= 11 is 6.25. The van der Waals surface area contributed by atoms with Crippen LogP contribution in [0, 0.1) is 0 Å². The molecule has 4 rings (SSSR count). The fourth-order valence-electron chi connectivity index (χ4n) is 2.37. The van der Waals surface area contributed by atoms with Gasteiger partial charge in [0.2, 0.25) is 0 Å². The molecule has 0 amide bonds. The Hall–Kier alpha value is -2.99. The third-order valence-electron chi connectivity index (χ3n) is 3.59. The van der Waals surface area contributed by atoms with E-state index in [-0.39, 0.29) is 0 Å². The molecule has 4 aromatic rings. The van der Waals surface area contributed by atoms with Gasteiger partial charge in [-0.05, 0) is 46.8 Å². The molecule has 7 heteroatoms. The van der Waals surface area contributed by atoms with Gasteiger partial charge in [0.05, 0.1) is 11.2 Å². The van der Waals surface area contributed by atoms with Gasteiger partial charge in [0, 0.05) is 10.9 Å². The second-order valence-corrected chi connectivity index (χ2v) is 5.53. The largest absolute Gasteiger partial charge is 0.489 e. The smallest absolute Gasteiger partial charge is 0.143 e. The lowest BCUT2D eigenvalue weighted by molar-refractivity contribution is 0.306. The van der Waals surface area contributed by atoms with Gasteiger partial charge in [-0.25, -0.2) is 9.67 Å². The van der Waals surface area contributed by atoms with Gasteiger partial charge in [-0.2, -0.15) is 0 Å². The summed E-state index contributed by atoms with van der Waals surface area (Å²) in [6.45, 7) is 0.348. The highest BCUT2D eigenvalue weighted by Gasteiger charge is 2.06. The van der Waals surface area contributed by atoms with E-state index in [0.717, 1.165) is 27.9 Å². The first-order valence-corrected chi connectivity index (χ1v) is 7.68. The molecule has 0 aliphatic rings. The number of hydrogen-bond donors (Lipinski definition) is 0. The molecule has 2 heterocycles. The lowest BCUT2D eigenvalue weighted by atomic mass is 10.2. The molecule has 0 atom stereocenters. The number of rotatable bonds is 4. The van der Waals surface area contributed by atoms with Crippen LogP contribution < -0.4 is 4.74 Å². The van der Waals surface area contributed by atoms with Gasteiger partial charge < -0.3 is 4.74 Å². The van der Waals surface area contributed by atoms with Crippen LogP contribution >= 0.6 is 11.6 Å². The molecule has 0 N–H and O–H groups in total. The first kappa shape index (κ1) is 14.6. The highest BCUT2D eigenvalue weighted by Crippen LogP contribution is 2.22. The summed E-state index contributed by atoms with van der Waals surface area (Å²) in [6.07, 6.45) is 1.54. The quantitative estimate of drug-likeness (QED) is 0.534. The average Bonchev–Trinajstić information content (AvgIpc) is 3.15. The molecular formula is C17H12ClN5O. The van der Waals surface area contributed by atoms with E-state index in [4.69, 9.17) is 16.3 Å². The maximum atomic E-state index is 6.25. The number of tetrazole rings is 1. The van der Waals surface area contributed by atoms with Crippen molar-refractivity contribution in [3.63, 3.8) is 0 Å². The molecule has 0 saturated carbocycles. The van der Waals surface area contributed by atoms with Crippen LogP contribution in [-0.4, -0.2) is 25.2 Å². The Balaban J connectivity index is 1.51. The van der Waals surface area contributed by atoms with Crippen molar-refractivity contribution in [3.05, 3.63) is 71.6 Å². The first-order chi connectivity index (χ1) is 11.8. The summed E-state index contributed by atoms with van der Waals surface area (Å²) in [5, 5.41) is 12.6. The summed E-state index contributed by atoms with van der Waals surface area (Å²) < 4.78 is 7.39. The molecule has 0 unspecified atom stereocenters. The van der Waals surface area contributed by atoms with Gasteiger partial charge in [0.15, 0.2) is 0 Å². The van der Waals surface area contributed by atoms with Crippen LogP contribution in [0.1, 0.15) is 5.56 Å². The molecule has 0 bridgehead atoms. The minimum absolute atomic E-state index is 0.348. The van der Waals surface area contributed by atoms with Gasteiger partial charge in [-0.15, -0.1) is 5.10 Å². The fourth-order valence-corrected chi connectivity index (χ4v) is 2.57. The van der Waals surface area contributed by atoms with Crippen LogP contribution in [0.15, 0.2) is 60.9 Å². The van der Waals surface area contributed by atoms with Crippen LogP contribution in [0.25, 0.3) is 16.6 Å². The topological polar surface area (TPSA) is 65.7 Å². The molecule has 0 aliphatic carbocycles. The summed E-state index contributed by atoms with van der Waals surface area (Å²) in [7, 11) is 0. The minimum atomic E-state index is 0.348. The first-order valence-electron chi connectivity index (χ1n) is 7.30. The lowest BCUT2D eigenvalue weighted by Crippen LogP contribution is -1.99. The normalized spacial score (nSPS) is 10.9. The zero-order chi connectivity index (χ0) is 16.4. The summed E-state index contributed by atoms with van der Waals surface area (Å²) in [4.78, 5) is 4.40. The van der Waals surface area contributed by atoms with Crippen molar-refractivity contribution < 1.29 is 4.74 Å². The Morgan fingerprint density at radius 3 is 2.67 bits per heavy atom. The molecule has 0 saturated heterocycles. The molecule has 0 aliphatic heterocycles. The Bertz CT molecular complexity index is 970. The lowest BCUT2D eigenvalue weighted by Gasteiger charge is -2.09. The number of para-hydroxylation sites is 1. The monoisotopic (exact) mass is 337 g/mol. The molecule has 2 aromatic heterocycles. The van der Waals surface area contributed by atoms with E-state index in [0.29, 0.717) is 11.8 Å². The number of hydrogen-bond acceptors (Lipinski definition) is 5. The van der Waals surface area contributed by atoms with Crippen molar-refractivity contribution in [1.82, 2.24) is 25.2 Å². The SMILES string of the molecule is Clc1nc2ccccc2cc1COc1ccc(-n2cnnn2)cc1. The third-order valence-corrected chi connectivity index (χ3v) is 3.92. The predicted octanol–water partition coefficient (Wildman–Crippen LogP) is 3.44. The highest BCUT2D eigenvalue weighted by molar-refractivity contribution is 6.30. The van der Waals surface area contributed by atoms with Crippen molar-refractivity contribution in [2.45, 2.75) is 6.61 Å². The summed E-state index contributed by atoms with van der Waals surface area (Å²) in [6, 6.07) is 17.3. The van der Waals surface area contributed by atoms with Crippen molar-refractivity contribution in [2.75, 3.05) is 0 Å². The Morgan fingerprint density at radius 1 is 1.04 bits per heavy atom. The number of nitrogens with zero attached hydrogens (tertiary/aromatic N) is 5. The van der Waals surface area contributed by atoms with E-state index in [1.165, 1.54) is 6.33 Å². The third kappa shape index (κ3) is 2.91. The number of benzene rings is 2. The summed E-state index contributed by atoms with van der Waals surface area (Å²) in [5.41, 5.74) is 2.58. The number of fused-ring (bicyclic) bond motifs is 1. The Morgan fingerprint density at radius 2 is 1.88 bits per heavy atom. The highest BCUT2D eigenvalue weighted by atomic mass is 35.5. The van der Waals surface area contributed by atoms with Crippen LogP contribution in [0.3, 0.4) is 0 Å². The second-order valence-electron chi connectivity index (χ2n) is 5.17. The molecule has 0 fully saturated rings. The molecule has 118 valence electrons. The number of aromatic nitrogens is 5. The second kappa shape index (κ2) is 6.25. The van der Waals surface area contributed by atoms with Gasteiger partial charge in [-0.1, -0.05) is 29.8 Å². The zero-order valence-corrected chi connectivity index (χ0v) is 13.3. The Kier molecular flexibility index (Phi) is 3.80. The van der Waals surface area contributed by atoms with Crippen LogP contribution in [0.4, 0.5) is 0 Å². The fraction of sp³-hybridized carbons (Fsp3) is 0.0588. The Labute approximate surface area is 142 Å². The van der Waals surface area contributed by atoms with E-state index in [2.05, 4.69) is 20.5 Å². The number of halogens is 1. The summed E-state index contributed by atoms with van der Waals surface area (Å²) in [5.74, 6) is 0.732. The molecular weight excluding hydrogens is 326 g/mol. The van der Waals surface area contributed by atoms with Crippen molar-refractivity contribution in [1.29, 1.82) is 0 Å². The minimum Gasteiger partial charge on any atom is -0.489 e. The zero-order valence-electron chi connectivity index (χ0n) is 12.5. The standard InChI is InChI=1S/C17H12ClN5O/c18-17-13(9-12-3-1-2-4-16(12)20-17)10-24-15-7-5-14(6-8-15)23-11-19-21-22-23/h1-9,11H,10H2. The maximum Gasteiger partial charge on any atom is 0.143 e. The molecule has 6 nitrogen and oxygen atoms in total. The molecule has 24 heavy (non-hydrogen) atoms. The van der Waals surface area contributed by atoms with Gasteiger partial charge in [-0.3, -0.25) is 0 Å². The molecule has 0 radical (unpaired) electrons. The van der Waals surface area contributed by atoms with Gasteiger partial charge >= 0.3 is 0 Å². The van der Waals surface area contributed by atoms with Crippen LogP contribution in [-0.2, 0) is 6.61 Å². The van der Waals surface area contributed by atoms with E-state index >= 15 is 0 Å². The van der Waals surface area contributed by atoms with E-state index in [1.807, 2.05) is 54.6 Å². The van der Waals surface area contributed by atoms with Crippen LogP contribution in [0.5, 0.6) is 5.75 Å². The predicted molar refractivity (Wildman–Crippen MR) is 90.2 cm³/mol. The van der Waals surface area contributed by atoms with Crippen molar-refractivity contribution in [3.8, 4) is 11.4 Å². The van der Waals surface area contributed by atoms with Crippen molar-refractivity contribution in [2.24, 2.45) is 0 Å². The van der Waals surface area contributed by atoms with E-state index in [1.54, 1.807) is 4.68 Å². The average molecular weight is 338 g/mol. The molecule has 0 spiro atoms. The number of pyridine rings is 1. The van der Waals surface area contributed by atoms with Crippen molar-refractivity contribution >= 4 is 22.5 Å².